The molecule has 3 N–H and O–H groups in total. The average molecular weight is 316 g/mol. The lowest BCUT2D eigenvalue weighted by Gasteiger charge is -2.11. The minimum absolute atomic E-state index is 0.0761. The van der Waals surface area contributed by atoms with Gasteiger partial charge >= 0.3 is 5.69 Å². The molecule has 1 aromatic carbocycles. The van der Waals surface area contributed by atoms with E-state index in [-0.39, 0.29) is 18.0 Å². The van der Waals surface area contributed by atoms with Gasteiger partial charge in [0, 0.05) is 13.1 Å². The summed E-state index contributed by atoms with van der Waals surface area (Å²) in [6.07, 6.45) is 0.842. The Bertz CT molecular complexity index is 589. The van der Waals surface area contributed by atoms with E-state index in [9.17, 15) is 18.5 Å². The molecule has 0 bridgehead atoms. The molecular formula is C12H20N4O4S. The topological polar surface area (TPSA) is 113 Å². The number of hydrogen-bond donors (Lipinski definition) is 3. The number of nitrogens with one attached hydrogen (secondary N) is 3. The molecule has 0 heterocycles. The maximum Gasteiger partial charge on any atom is 0.315 e. The quantitative estimate of drug-likeness (QED) is 0.468. The van der Waals surface area contributed by atoms with Gasteiger partial charge in [0.1, 0.15) is 11.4 Å². The molecule has 0 fully saturated rings. The Morgan fingerprint density at radius 3 is 2.24 bits per heavy atom. The summed E-state index contributed by atoms with van der Waals surface area (Å²) in [6.45, 7) is 2.67. The van der Waals surface area contributed by atoms with Crippen molar-refractivity contribution in [2.24, 2.45) is 0 Å². The molecule has 9 heteroatoms. The van der Waals surface area contributed by atoms with Gasteiger partial charge in [0.2, 0.25) is 10.0 Å². The van der Waals surface area contributed by atoms with Crippen molar-refractivity contribution in [3.8, 4) is 0 Å². The van der Waals surface area contributed by atoms with Gasteiger partial charge in [-0.1, -0.05) is 13.0 Å². The van der Waals surface area contributed by atoms with Crippen LogP contribution in [0.5, 0.6) is 0 Å². The van der Waals surface area contributed by atoms with Gasteiger partial charge in [-0.05, 0) is 25.6 Å². The van der Waals surface area contributed by atoms with E-state index < -0.39 is 14.9 Å². The highest BCUT2D eigenvalue weighted by molar-refractivity contribution is 7.89. The summed E-state index contributed by atoms with van der Waals surface area (Å²) in [5, 5.41) is 17.0. The van der Waals surface area contributed by atoms with E-state index in [1.54, 1.807) is 18.2 Å². The summed E-state index contributed by atoms with van der Waals surface area (Å²) in [5.41, 5.74) is 0.642. The lowest BCUT2D eigenvalue weighted by atomic mass is 10.2. The predicted octanol–water partition coefficient (Wildman–Crippen LogP) is 1.38. The summed E-state index contributed by atoms with van der Waals surface area (Å²) in [6, 6.07) is 4.87. The van der Waals surface area contributed by atoms with E-state index >= 15 is 0 Å². The Labute approximate surface area is 124 Å². The first-order chi connectivity index (χ1) is 9.91. The van der Waals surface area contributed by atoms with Crippen LogP contribution in [0.4, 0.5) is 17.1 Å². The van der Waals surface area contributed by atoms with E-state index in [0.717, 1.165) is 6.42 Å². The van der Waals surface area contributed by atoms with Gasteiger partial charge < -0.3 is 10.6 Å². The normalized spacial score (nSPS) is 11.1. The molecule has 0 saturated heterocycles. The third kappa shape index (κ3) is 5.20. The monoisotopic (exact) mass is 316 g/mol. The number of hydrogen-bond acceptors (Lipinski definition) is 6. The fourth-order valence-electron chi connectivity index (χ4n) is 1.71. The van der Waals surface area contributed by atoms with Gasteiger partial charge in [0.25, 0.3) is 0 Å². The lowest BCUT2D eigenvalue weighted by molar-refractivity contribution is -0.383. The summed E-state index contributed by atoms with van der Waals surface area (Å²) in [4.78, 5) is 10.7. The van der Waals surface area contributed by atoms with Gasteiger partial charge in [0.05, 0.1) is 10.7 Å². The third-order valence-electron chi connectivity index (χ3n) is 2.78. The highest BCUT2D eigenvalue weighted by Crippen LogP contribution is 2.32. The van der Waals surface area contributed by atoms with Crippen molar-refractivity contribution in [2.45, 2.75) is 13.3 Å². The second kappa shape index (κ2) is 7.79. The van der Waals surface area contributed by atoms with Crippen LogP contribution < -0.4 is 15.4 Å². The number of para-hydroxylation sites is 1. The van der Waals surface area contributed by atoms with Crippen LogP contribution in [0.1, 0.15) is 13.3 Å². The molecule has 0 atom stereocenters. The van der Waals surface area contributed by atoms with Crippen LogP contribution in [0.3, 0.4) is 0 Å². The van der Waals surface area contributed by atoms with Crippen LogP contribution in [0.15, 0.2) is 18.2 Å². The molecule has 0 radical (unpaired) electrons. The zero-order chi connectivity index (χ0) is 15.9. The van der Waals surface area contributed by atoms with Crippen molar-refractivity contribution in [3.63, 3.8) is 0 Å². The molecule has 118 valence electrons. The van der Waals surface area contributed by atoms with Gasteiger partial charge in [-0.25, -0.2) is 13.1 Å². The number of nitro groups is 1. The standard InChI is InChI=1S/C12H20N4O4S/c1-3-7-14-10-5-4-6-11(12(10)16(17)18)15-8-9-21(19,20)13-2/h4-6,13-15H,3,7-9H2,1-2H3. The average Bonchev–Trinajstić information content (AvgIpc) is 2.44. The third-order valence-corrected chi connectivity index (χ3v) is 4.14. The van der Waals surface area contributed by atoms with Crippen molar-refractivity contribution >= 4 is 27.1 Å². The van der Waals surface area contributed by atoms with E-state index in [1.165, 1.54) is 7.05 Å². The number of benzene rings is 1. The number of rotatable bonds is 9. The molecule has 8 nitrogen and oxygen atoms in total. The molecule has 1 rings (SSSR count). The Morgan fingerprint density at radius 1 is 1.19 bits per heavy atom. The van der Waals surface area contributed by atoms with Gasteiger partial charge in [-0.3, -0.25) is 10.1 Å². The summed E-state index contributed by atoms with van der Waals surface area (Å²) >= 11 is 0. The number of nitro benzene ring substituents is 1. The summed E-state index contributed by atoms with van der Waals surface area (Å²) < 4.78 is 24.8. The van der Waals surface area contributed by atoms with E-state index in [4.69, 9.17) is 0 Å². The first-order valence-corrected chi connectivity index (χ1v) is 8.23. The molecule has 0 aromatic heterocycles. The minimum atomic E-state index is -3.35. The van der Waals surface area contributed by atoms with Crippen LogP contribution in [-0.2, 0) is 10.0 Å². The second-order valence-electron chi connectivity index (χ2n) is 4.34. The molecule has 0 aliphatic carbocycles. The number of nitrogens with zero attached hydrogens (tertiary/aromatic N) is 1. The highest BCUT2D eigenvalue weighted by atomic mass is 32.2. The minimum Gasteiger partial charge on any atom is -0.379 e. The van der Waals surface area contributed by atoms with E-state index in [0.29, 0.717) is 17.9 Å². The Kier molecular flexibility index (Phi) is 6.38. The SMILES string of the molecule is CCCNc1cccc(NCCS(=O)(=O)NC)c1[N+](=O)[O-]. The first kappa shape index (κ1) is 17.2. The van der Waals surface area contributed by atoms with Crippen LogP contribution in [0.25, 0.3) is 0 Å². The molecular weight excluding hydrogens is 296 g/mol. The van der Waals surface area contributed by atoms with Crippen LogP contribution in [0, 0.1) is 10.1 Å². The smallest absolute Gasteiger partial charge is 0.315 e. The molecule has 0 spiro atoms. The van der Waals surface area contributed by atoms with Gasteiger partial charge in [0.15, 0.2) is 0 Å². The Morgan fingerprint density at radius 2 is 1.76 bits per heavy atom. The van der Waals surface area contributed by atoms with Crippen molar-refractivity contribution < 1.29 is 13.3 Å². The maximum absolute atomic E-state index is 11.3. The van der Waals surface area contributed by atoms with E-state index in [2.05, 4.69) is 15.4 Å². The van der Waals surface area contributed by atoms with Crippen molar-refractivity contribution in [2.75, 3.05) is 36.5 Å². The summed E-state index contributed by atoms with van der Waals surface area (Å²) in [7, 11) is -2.02. The van der Waals surface area contributed by atoms with Crippen molar-refractivity contribution in [3.05, 3.63) is 28.3 Å². The zero-order valence-electron chi connectivity index (χ0n) is 12.0. The Balaban J connectivity index is 2.88. The molecule has 0 unspecified atom stereocenters. The molecule has 0 saturated carbocycles. The van der Waals surface area contributed by atoms with Crippen LogP contribution in [0.2, 0.25) is 0 Å². The van der Waals surface area contributed by atoms with Crippen LogP contribution in [-0.4, -0.2) is 39.2 Å². The first-order valence-electron chi connectivity index (χ1n) is 6.57. The fourth-order valence-corrected chi connectivity index (χ4v) is 2.28. The fraction of sp³-hybridized carbons (Fsp3) is 0.500. The van der Waals surface area contributed by atoms with E-state index in [1.807, 2.05) is 6.92 Å². The van der Waals surface area contributed by atoms with Gasteiger partial charge in [-0.15, -0.1) is 0 Å². The zero-order valence-corrected chi connectivity index (χ0v) is 12.9. The largest absolute Gasteiger partial charge is 0.379 e. The lowest BCUT2D eigenvalue weighted by Crippen LogP contribution is -2.26. The molecule has 0 amide bonds. The Hall–Kier alpha value is -1.87. The van der Waals surface area contributed by atoms with Gasteiger partial charge in [-0.2, -0.15) is 0 Å². The number of anilines is 2. The molecule has 21 heavy (non-hydrogen) atoms. The molecule has 0 aliphatic heterocycles. The number of sulfonamides is 1. The highest BCUT2D eigenvalue weighted by Gasteiger charge is 2.19. The molecule has 1 aromatic rings. The second-order valence-corrected chi connectivity index (χ2v) is 6.38. The maximum atomic E-state index is 11.3. The van der Waals surface area contributed by atoms with Crippen molar-refractivity contribution in [1.29, 1.82) is 0 Å². The summed E-state index contributed by atoms with van der Waals surface area (Å²) in [5.74, 6) is -0.159. The predicted molar refractivity (Wildman–Crippen MR) is 83.2 cm³/mol. The van der Waals surface area contributed by atoms with Crippen LogP contribution >= 0.6 is 0 Å². The van der Waals surface area contributed by atoms with Crippen molar-refractivity contribution in [1.82, 2.24) is 4.72 Å². The molecule has 0 aliphatic rings.